The van der Waals surface area contributed by atoms with E-state index in [-0.39, 0.29) is 10.8 Å². The van der Waals surface area contributed by atoms with Gasteiger partial charge in [0.1, 0.15) is 16.4 Å². The van der Waals surface area contributed by atoms with Crippen molar-refractivity contribution in [2.75, 3.05) is 26.2 Å². The van der Waals surface area contributed by atoms with Crippen LogP contribution in [0.2, 0.25) is 0 Å². The van der Waals surface area contributed by atoms with Crippen LogP contribution in [0.4, 0.5) is 0 Å². The molecular formula is C14H23ClN2O3S. The van der Waals surface area contributed by atoms with Gasteiger partial charge in [0.25, 0.3) is 0 Å². The zero-order chi connectivity index (χ0) is 15.8. The molecule has 1 aliphatic rings. The van der Waals surface area contributed by atoms with Crippen LogP contribution in [0.3, 0.4) is 0 Å². The molecule has 120 valence electrons. The zero-order valence-corrected chi connectivity index (χ0v) is 14.6. The summed E-state index contributed by atoms with van der Waals surface area (Å²) in [6, 6.07) is 0.436. The van der Waals surface area contributed by atoms with Gasteiger partial charge in [-0.15, -0.1) is 11.6 Å². The number of halogens is 1. The maximum Gasteiger partial charge on any atom is 0.246 e. The van der Waals surface area contributed by atoms with E-state index in [4.69, 9.17) is 16.0 Å². The molecule has 5 nitrogen and oxygen atoms in total. The van der Waals surface area contributed by atoms with Gasteiger partial charge in [-0.05, 0) is 27.7 Å². The van der Waals surface area contributed by atoms with Gasteiger partial charge >= 0.3 is 0 Å². The van der Waals surface area contributed by atoms with Crippen LogP contribution < -0.4 is 0 Å². The van der Waals surface area contributed by atoms with Crippen LogP contribution in [-0.4, -0.2) is 49.8 Å². The molecule has 0 N–H and O–H groups in total. The highest BCUT2D eigenvalue weighted by Gasteiger charge is 2.34. The summed E-state index contributed by atoms with van der Waals surface area (Å²) in [6.45, 7) is 10.2. The van der Waals surface area contributed by atoms with Crippen molar-refractivity contribution in [2.24, 2.45) is 0 Å². The summed E-state index contributed by atoms with van der Waals surface area (Å²) in [4.78, 5) is 2.54. The summed E-state index contributed by atoms with van der Waals surface area (Å²) >= 11 is 5.91. The van der Waals surface area contributed by atoms with Gasteiger partial charge < -0.3 is 4.42 Å². The molecule has 7 heteroatoms. The normalized spacial score (nSPS) is 18.6. The maximum absolute atomic E-state index is 12.9. The van der Waals surface area contributed by atoms with E-state index >= 15 is 0 Å². The van der Waals surface area contributed by atoms with E-state index < -0.39 is 10.0 Å². The molecule has 0 saturated carbocycles. The lowest BCUT2D eigenvalue weighted by molar-refractivity contribution is 0.154. The van der Waals surface area contributed by atoms with Gasteiger partial charge in [-0.2, -0.15) is 4.31 Å². The molecule has 1 aliphatic heterocycles. The van der Waals surface area contributed by atoms with Crippen molar-refractivity contribution in [2.45, 2.75) is 44.5 Å². The van der Waals surface area contributed by atoms with E-state index in [1.807, 2.05) is 0 Å². The van der Waals surface area contributed by atoms with Crippen LogP contribution in [0, 0.1) is 13.8 Å². The molecule has 0 atom stereocenters. The second-order valence-corrected chi connectivity index (χ2v) is 7.83. The molecular weight excluding hydrogens is 312 g/mol. The van der Waals surface area contributed by atoms with Gasteiger partial charge in [-0.25, -0.2) is 8.42 Å². The van der Waals surface area contributed by atoms with E-state index in [1.54, 1.807) is 18.2 Å². The number of nitrogens with zero attached hydrogens (tertiary/aromatic N) is 2. The van der Waals surface area contributed by atoms with Gasteiger partial charge in [0.2, 0.25) is 10.0 Å². The second-order valence-electron chi connectivity index (χ2n) is 5.69. The average Bonchev–Trinajstić information content (AvgIpc) is 2.73. The molecule has 1 aromatic heterocycles. The molecule has 0 amide bonds. The number of alkyl halides is 1. The minimum absolute atomic E-state index is 0.143. The second kappa shape index (κ2) is 6.28. The molecule has 2 rings (SSSR count). The predicted molar refractivity (Wildman–Crippen MR) is 83.2 cm³/mol. The van der Waals surface area contributed by atoms with Crippen LogP contribution in [0.25, 0.3) is 0 Å². The molecule has 0 radical (unpaired) electrons. The number of piperazine rings is 1. The SMILES string of the molecule is Cc1oc(C)c(S(=O)(=O)N2CCN(C(C)C)CC2)c1CCl. The van der Waals surface area contributed by atoms with E-state index in [0.29, 0.717) is 36.2 Å². The Labute approximate surface area is 131 Å². The predicted octanol–water partition coefficient (Wildman–Crippen LogP) is 2.35. The minimum atomic E-state index is -3.54. The van der Waals surface area contributed by atoms with Gasteiger partial charge in [-0.1, -0.05) is 0 Å². The molecule has 1 saturated heterocycles. The highest BCUT2D eigenvalue weighted by molar-refractivity contribution is 7.89. The monoisotopic (exact) mass is 334 g/mol. The Morgan fingerprint density at radius 1 is 1.14 bits per heavy atom. The molecule has 1 aromatic rings. The lowest BCUT2D eigenvalue weighted by atomic mass is 10.3. The Bertz CT molecular complexity index is 602. The van der Waals surface area contributed by atoms with Crippen molar-refractivity contribution in [3.8, 4) is 0 Å². The third-order valence-corrected chi connectivity index (χ3v) is 6.42. The fourth-order valence-electron chi connectivity index (χ4n) is 2.79. The molecule has 1 fully saturated rings. The van der Waals surface area contributed by atoms with E-state index in [9.17, 15) is 8.42 Å². The summed E-state index contributed by atoms with van der Waals surface area (Å²) in [6.07, 6.45) is 0. The Kier molecular flexibility index (Phi) is 5.03. The van der Waals surface area contributed by atoms with Crippen LogP contribution in [-0.2, 0) is 15.9 Å². The summed E-state index contributed by atoms with van der Waals surface area (Å²) in [5.74, 6) is 1.15. The number of hydrogen-bond acceptors (Lipinski definition) is 4. The third kappa shape index (κ3) is 3.13. The first-order valence-electron chi connectivity index (χ1n) is 7.18. The van der Waals surface area contributed by atoms with E-state index in [2.05, 4.69) is 18.7 Å². The number of rotatable bonds is 4. The highest BCUT2D eigenvalue weighted by Crippen LogP contribution is 2.30. The van der Waals surface area contributed by atoms with Gasteiger partial charge in [0.05, 0.1) is 5.88 Å². The van der Waals surface area contributed by atoms with Gasteiger partial charge in [-0.3, -0.25) is 4.90 Å². The number of hydrogen-bond donors (Lipinski definition) is 0. The van der Waals surface area contributed by atoms with Crippen LogP contribution in [0.15, 0.2) is 9.31 Å². The smallest absolute Gasteiger partial charge is 0.246 e. The summed E-state index contributed by atoms with van der Waals surface area (Å²) in [5, 5.41) is 0. The molecule has 0 spiro atoms. The van der Waals surface area contributed by atoms with Crippen LogP contribution in [0.5, 0.6) is 0 Å². The lowest BCUT2D eigenvalue weighted by Crippen LogP contribution is -2.50. The average molecular weight is 335 g/mol. The number of sulfonamides is 1. The van der Waals surface area contributed by atoms with Gasteiger partial charge in [0.15, 0.2) is 0 Å². The summed E-state index contributed by atoms with van der Waals surface area (Å²) in [5.41, 5.74) is 0.584. The Morgan fingerprint density at radius 3 is 2.19 bits per heavy atom. The van der Waals surface area contributed by atoms with Crippen LogP contribution in [0.1, 0.15) is 30.9 Å². The topological polar surface area (TPSA) is 53.8 Å². The van der Waals surface area contributed by atoms with Crippen molar-refractivity contribution in [3.63, 3.8) is 0 Å². The summed E-state index contributed by atoms with van der Waals surface area (Å²) < 4.78 is 32.7. The number of furan rings is 1. The third-order valence-electron chi connectivity index (χ3n) is 4.06. The Hall–Kier alpha value is -0.560. The lowest BCUT2D eigenvalue weighted by Gasteiger charge is -2.36. The zero-order valence-electron chi connectivity index (χ0n) is 13.0. The van der Waals surface area contributed by atoms with Crippen molar-refractivity contribution in [1.29, 1.82) is 0 Å². The van der Waals surface area contributed by atoms with Crippen molar-refractivity contribution in [3.05, 3.63) is 17.1 Å². The van der Waals surface area contributed by atoms with E-state index in [1.165, 1.54) is 0 Å². The standard InChI is InChI=1S/C14H23ClN2O3S/c1-10(2)16-5-7-17(8-6-16)21(18,19)14-12(4)20-11(3)13(14)9-15/h10H,5-9H2,1-4H3. The van der Waals surface area contributed by atoms with Crippen molar-refractivity contribution in [1.82, 2.24) is 9.21 Å². The first-order chi connectivity index (χ1) is 9.78. The minimum Gasteiger partial charge on any atom is -0.465 e. The fourth-order valence-corrected chi connectivity index (χ4v) is 5.03. The largest absolute Gasteiger partial charge is 0.465 e. The van der Waals surface area contributed by atoms with Crippen LogP contribution >= 0.6 is 11.6 Å². The molecule has 21 heavy (non-hydrogen) atoms. The Morgan fingerprint density at radius 2 is 1.71 bits per heavy atom. The fraction of sp³-hybridized carbons (Fsp3) is 0.714. The summed E-state index contributed by atoms with van der Waals surface area (Å²) in [7, 11) is -3.54. The first-order valence-corrected chi connectivity index (χ1v) is 9.15. The molecule has 0 bridgehead atoms. The van der Waals surface area contributed by atoms with Gasteiger partial charge in [0, 0.05) is 37.8 Å². The molecule has 0 unspecified atom stereocenters. The quantitative estimate of drug-likeness (QED) is 0.793. The van der Waals surface area contributed by atoms with Crippen molar-refractivity contribution >= 4 is 21.6 Å². The molecule has 0 aromatic carbocycles. The van der Waals surface area contributed by atoms with Crippen molar-refractivity contribution < 1.29 is 12.8 Å². The highest BCUT2D eigenvalue weighted by atomic mass is 35.5. The van der Waals surface area contributed by atoms with E-state index in [0.717, 1.165) is 13.1 Å². The first kappa shape index (κ1) is 16.8. The Balaban J connectivity index is 2.28. The number of aryl methyl sites for hydroxylation is 2. The maximum atomic E-state index is 12.9. The molecule has 0 aliphatic carbocycles. The molecule has 2 heterocycles.